The van der Waals surface area contributed by atoms with E-state index in [2.05, 4.69) is 15.0 Å². The number of sulfonamides is 1. The Hall–Kier alpha value is -2.03. The van der Waals surface area contributed by atoms with Crippen LogP contribution in [0.3, 0.4) is 0 Å². The standard InChI is InChI=1S/C20H29FN4O2S/c1-5-17(6-2)24-28(26,27)18-10-11-20(22-13-18)23-14-19(25(3)4)15-8-7-9-16(21)12-15/h7-13,17,19,24H,5-6,14H2,1-4H3,(H,22,23). The van der Waals surface area contributed by atoms with E-state index in [0.717, 1.165) is 18.4 Å². The van der Waals surface area contributed by atoms with Crippen molar-refractivity contribution in [2.45, 2.75) is 43.7 Å². The van der Waals surface area contributed by atoms with Crippen molar-refractivity contribution in [2.24, 2.45) is 0 Å². The van der Waals surface area contributed by atoms with Crippen LogP contribution in [-0.2, 0) is 10.0 Å². The fraction of sp³-hybridized carbons (Fsp3) is 0.450. The summed E-state index contributed by atoms with van der Waals surface area (Å²) < 4.78 is 41.1. The van der Waals surface area contributed by atoms with Crippen molar-refractivity contribution in [2.75, 3.05) is 26.0 Å². The van der Waals surface area contributed by atoms with Gasteiger partial charge in [-0.25, -0.2) is 22.5 Å². The van der Waals surface area contributed by atoms with Crippen molar-refractivity contribution in [1.82, 2.24) is 14.6 Å². The number of aromatic nitrogens is 1. The molecule has 1 aromatic heterocycles. The second-order valence-electron chi connectivity index (χ2n) is 6.93. The maximum Gasteiger partial charge on any atom is 0.242 e. The van der Waals surface area contributed by atoms with Gasteiger partial charge in [0, 0.05) is 18.8 Å². The Balaban J connectivity index is 2.07. The number of likely N-dealkylation sites (N-methyl/N-ethyl adjacent to an activating group) is 1. The summed E-state index contributed by atoms with van der Waals surface area (Å²) in [7, 11) is 0.258. The van der Waals surface area contributed by atoms with E-state index >= 15 is 0 Å². The first kappa shape index (κ1) is 22.3. The molecule has 8 heteroatoms. The van der Waals surface area contributed by atoms with Crippen LogP contribution >= 0.6 is 0 Å². The first-order valence-corrected chi connectivity index (χ1v) is 10.9. The van der Waals surface area contributed by atoms with Gasteiger partial charge in [0.15, 0.2) is 0 Å². The third kappa shape index (κ3) is 5.98. The molecule has 0 fully saturated rings. The molecule has 0 spiro atoms. The Bertz CT molecular complexity index is 853. The molecule has 6 nitrogen and oxygen atoms in total. The molecule has 154 valence electrons. The lowest BCUT2D eigenvalue weighted by Gasteiger charge is -2.25. The molecule has 0 saturated heterocycles. The summed E-state index contributed by atoms with van der Waals surface area (Å²) in [4.78, 5) is 6.35. The molecular weight excluding hydrogens is 379 g/mol. The molecule has 1 heterocycles. The molecule has 1 atom stereocenters. The average Bonchev–Trinajstić information content (AvgIpc) is 2.66. The van der Waals surface area contributed by atoms with E-state index in [1.807, 2.05) is 38.9 Å². The summed E-state index contributed by atoms with van der Waals surface area (Å²) in [6, 6.07) is 9.52. The highest BCUT2D eigenvalue weighted by atomic mass is 32.2. The fourth-order valence-corrected chi connectivity index (χ4v) is 4.25. The third-order valence-electron chi connectivity index (χ3n) is 4.69. The van der Waals surface area contributed by atoms with Gasteiger partial charge in [0.1, 0.15) is 16.5 Å². The van der Waals surface area contributed by atoms with Crippen LogP contribution in [0.1, 0.15) is 38.3 Å². The van der Waals surface area contributed by atoms with E-state index in [1.165, 1.54) is 24.4 Å². The zero-order valence-electron chi connectivity index (χ0n) is 16.8. The van der Waals surface area contributed by atoms with Crippen molar-refractivity contribution < 1.29 is 12.8 Å². The van der Waals surface area contributed by atoms with Crippen molar-refractivity contribution in [3.8, 4) is 0 Å². The van der Waals surface area contributed by atoms with Gasteiger partial charge in [0.2, 0.25) is 10.0 Å². The minimum atomic E-state index is -3.58. The van der Waals surface area contributed by atoms with Gasteiger partial charge < -0.3 is 10.2 Å². The van der Waals surface area contributed by atoms with Gasteiger partial charge in [0.25, 0.3) is 0 Å². The van der Waals surface area contributed by atoms with Crippen LogP contribution in [0.25, 0.3) is 0 Å². The van der Waals surface area contributed by atoms with E-state index in [9.17, 15) is 12.8 Å². The molecule has 0 bridgehead atoms. The summed E-state index contributed by atoms with van der Waals surface area (Å²) in [6.45, 7) is 4.39. The molecule has 2 aromatic rings. The lowest BCUT2D eigenvalue weighted by Crippen LogP contribution is -2.33. The number of hydrogen-bond donors (Lipinski definition) is 2. The van der Waals surface area contributed by atoms with Crippen LogP contribution in [0.5, 0.6) is 0 Å². The third-order valence-corrected chi connectivity index (χ3v) is 6.19. The van der Waals surface area contributed by atoms with E-state index in [4.69, 9.17) is 0 Å². The molecule has 0 aliphatic rings. The quantitative estimate of drug-likeness (QED) is 0.630. The SMILES string of the molecule is CCC(CC)NS(=O)(=O)c1ccc(NCC(c2cccc(F)c2)N(C)C)nc1. The van der Waals surface area contributed by atoms with Crippen LogP contribution in [0.4, 0.5) is 10.2 Å². The number of nitrogens with one attached hydrogen (secondary N) is 2. The molecule has 0 saturated carbocycles. The molecule has 0 aliphatic heterocycles. The van der Waals surface area contributed by atoms with Crippen LogP contribution in [0, 0.1) is 5.82 Å². The number of pyridine rings is 1. The van der Waals surface area contributed by atoms with Crippen LogP contribution in [-0.4, -0.2) is 45.0 Å². The Morgan fingerprint density at radius 3 is 2.39 bits per heavy atom. The Morgan fingerprint density at radius 1 is 1.14 bits per heavy atom. The Kier molecular flexibility index (Phi) is 7.91. The zero-order valence-corrected chi connectivity index (χ0v) is 17.6. The van der Waals surface area contributed by atoms with Crippen molar-refractivity contribution in [3.63, 3.8) is 0 Å². The summed E-state index contributed by atoms with van der Waals surface area (Å²) in [5.74, 6) is 0.284. The summed E-state index contributed by atoms with van der Waals surface area (Å²) in [6.07, 6.45) is 2.81. The Labute approximate surface area is 167 Å². The lowest BCUT2D eigenvalue weighted by atomic mass is 10.1. The fourth-order valence-electron chi connectivity index (χ4n) is 2.90. The van der Waals surface area contributed by atoms with Crippen LogP contribution in [0.15, 0.2) is 47.5 Å². The monoisotopic (exact) mass is 408 g/mol. The minimum Gasteiger partial charge on any atom is -0.368 e. The predicted octanol–water partition coefficient (Wildman–Crippen LogP) is 3.40. The molecule has 0 radical (unpaired) electrons. The molecule has 2 rings (SSSR count). The van der Waals surface area contributed by atoms with Gasteiger partial charge in [-0.05, 0) is 56.8 Å². The van der Waals surface area contributed by atoms with Crippen LogP contribution in [0.2, 0.25) is 0 Å². The molecule has 1 aromatic carbocycles. The average molecular weight is 409 g/mol. The lowest BCUT2D eigenvalue weighted by molar-refractivity contribution is 0.311. The molecule has 1 unspecified atom stereocenters. The first-order chi connectivity index (χ1) is 13.3. The normalized spacial score (nSPS) is 13.1. The maximum atomic E-state index is 13.5. The molecule has 2 N–H and O–H groups in total. The second-order valence-corrected chi connectivity index (χ2v) is 8.64. The van der Waals surface area contributed by atoms with E-state index in [1.54, 1.807) is 12.1 Å². The van der Waals surface area contributed by atoms with E-state index in [-0.39, 0.29) is 22.8 Å². The number of hydrogen-bond acceptors (Lipinski definition) is 5. The van der Waals surface area contributed by atoms with Crippen LogP contribution < -0.4 is 10.0 Å². The van der Waals surface area contributed by atoms with Crippen molar-refractivity contribution >= 4 is 15.8 Å². The van der Waals surface area contributed by atoms with Gasteiger partial charge in [-0.15, -0.1) is 0 Å². The van der Waals surface area contributed by atoms with E-state index in [0.29, 0.717) is 12.4 Å². The number of rotatable bonds is 10. The number of nitrogens with zero attached hydrogens (tertiary/aromatic N) is 2. The molecule has 0 amide bonds. The second kappa shape index (κ2) is 9.95. The molecule has 28 heavy (non-hydrogen) atoms. The summed E-state index contributed by atoms with van der Waals surface area (Å²) in [5.41, 5.74) is 0.853. The topological polar surface area (TPSA) is 74.3 Å². The number of halogens is 1. The highest BCUT2D eigenvalue weighted by Gasteiger charge is 2.19. The van der Waals surface area contributed by atoms with Gasteiger partial charge in [0.05, 0.1) is 6.04 Å². The Morgan fingerprint density at radius 2 is 1.86 bits per heavy atom. The minimum absolute atomic E-state index is 0.0579. The van der Waals surface area contributed by atoms with Gasteiger partial charge in [-0.3, -0.25) is 0 Å². The predicted molar refractivity (Wildman–Crippen MR) is 110 cm³/mol. The van der Waals surface area contributed by atoms with Gasteiger partial charge >= 0.3 is 0 Å². The van der Waals surface area contributed by atoms with Crippen molar-refractivity contribution in [3.05, 3.63) is 54.0 Å². The highest BCUT2D eigenvalue weighted by Crippen LogP contribution is 2.20. The largest absolute Gasteiger partial charge is 0.368 e. The smallest absolute Gasteiger partial charge is 0.242 e. The number of benzene rings is 1. The summed E-state index contributed by atoms with van der Waals surface area (Å²) >= 11 is 0. The highest BCUT2D eigenvalue weighted by molar-refractivity contribution is 7.89. The van der Waals surface area contributed by atoms with Gasteiger partial charge in [-0.1, -0.05) is 26.0 Å². The summed E-state index contributed by atoms with van der Waals surface area (Å²) in [5, 5.41) is 3.20. The molecule has 0 aliphatic carbocycles. The number of anilines is 1. The first-order valence-electron chi connectivity index (χ1n) is 9.41. The van der Waals surface area contributed by atoms with Gasteiger partial charge in [-0.2, -0.15) is 0 Å². The van der Waals surface area contributed by atoms with E-state index < -0.39 is 10.0 Å². The maximum absolute atomic E-state index is 13.5. The molecular formula is C20H29FN4O2S. The zero-order chi connectivity index (χ0) is 20.7. The van der Waals surface area contributed by atoms with Crippen molar-refractivity contribution in [1.29, 1.82) is 0 Å².